The third-order valence-electron chi connectivity index (χ3n) is 5.06. The minimum atomic E-state index is -1.02. The van der Waals surface area contributed by atoms with Crippen LogP contribution in [0.2, 0.25) is 0 Å². The number of nitrogens with one attached hydrogen (secondary N) is 2. The summed E-state index contributed by atoms with van der Waals surface area (Å²) in [5.74, 6) is 1.46. The van der Waals surface area contributed by atoms with Crippen LogP contribution in [0.4, 0.5) is 15.9 Å². The minimum absolute atomic E-state index is 0.254. The predicted octanol–water partition coefficient (Wildman–Crippen LogP) is 5.28. The molecular weight excluding hydrogens is 433 g/mol. The van der Waals surface area contributed by atoms with E-state index in [9.17, 15) is 9.18 Å². The van der Waals surface area contributed by atoms with Crippen molar-refractivity contribution in [2.75, 3.05) is 18.5 Å². The van der Waals surface area contributed by atoms with E-state index in [2.05, 4.69) is 25.6 Å². The predicted molar refractivity (Wildman–Crippen MR) is 131 cm³/mol. The van der Waals surface area contributed by atoms with Crippen molar-refractivity contribution in [1.82, 2.24) is 20.3 Å². The van der Waals surface area contributed by atoms with Gasteiger partial charge in [0.15, 0.2) is 6.67 Å². The van der Waals surface area contributed by atoms with Gasteiger partial charge < -0.3 is 15.4 Å². The van der Waals surface area contributed by atoms with E-state index >= 15 is 0 Å². The molecule has 0 aliphatic rings. The molecule has 2 aromatic carbocycles. The van der Waals surface area contributed by atoms with Gasteiger partial charge in [-0.1, -0.05) is 18.2 Å². The first-order valence-corrected chi connectivity index (χ1v) is 10.7. The third kappa shape index (κ3) is 5.72. The number of halogens is 1. The molecule has 0 bridgehead atoms. The van der Waals surface area contributed by atoms with Crippen LogP contribution in [0.1, 0.15) is 16.8 Å². The number of hydrogen-bond donors (Lipinski definition) is 2. The number of ether oxygens (including phenoxy) is 1. The Bertz CT molecular complexity index is 1340. The lowest BCUT2D eigenvalue weighted by Gasteiger charge is -2.12. The Kier molecular flexibility index (Phi) is 7.07. The van der Waals surface area contributed by atoms with Crippen molar-refractivity contribution < 1.29 is 13.9 Å². The van der Waals surface area contributed by atoms with Gasteiger partial charge in [0.25, 0.3) is 5.91 Å². The standard InChI is InChI=1S/C26H24FN5O2/c1-17-12-20(7-10-24(17)34-21-8-5-18(2)29-15-21)32-26-22-13-19(4-3-11-28-25(33)14-27)6-9-23(22)30-16-31-26/h3-10,12-13,15-16H,11,14H2,1-2H3,(H,28,33)(H,30,31,32). The van der Waals surface area contributed by atoms with Crippen LogP contribution in [0.25, 0.3) is 17.0 Å². The Morgan fingerprint density at radius 2 is 1.94 bits per heavy atom. The number of benzene rings is 2. The summed E-state index contributed by atoms with van der Waals surface area (Å²) in [6.45, 7) is 3.14. The van der Waals surface area contributed by atoms with Crippen LogP contribution in [-0.4, -0.2) is 34.1 Å². The van der Waals surface area contributed by atoms with Gasteiger partial charge in [-0.3, -0.25) is 9.78 Å². The highest BCUT2D eigenvalue weighted by Gasteiger charge is 2.08. The maximum atomic E-state index is 12.2. The van der Waals surface area contributed by atoms with Crippen LogP contribution in [0.5, 0.6) is 11.5 Å². The summed E-state index contributed by atoms with van der Waals surface area (Å²) in [5, 5.41) is 6.67. The van der Waals surface area contributed by atoms with E-state index in [0.717, 1.165) is 39.2 Å². The molecule has 0 unspecified atom stereocenters. The average molecular weight is 458 g/mol. The molecule has 4 aromatic rings. The molecule has 34 heavy (non-hydrogen) atoms. The second kappa shape index (κ2) is 10.5. The molecule has 4 rings (SSSR count). The van der Waals surface area contributed by atoms with Crippen LogP contribution in [0.3, 0.4) is 0 Å². The number of fused-ring (bicyclic) bond motifs is 1. The van der Waals surface area contributed by atoms with Gasteiger partial charge in [0.1, 0.15) is 23.6 Å². The lowest BCUT2D eigenvalue weighted by Crippen LogP contribution is -2.24. The van der Waals surface area contributed by atoms with Crippen molar-refractivity contribution in [3.8, 4) is 11.5 Å². The van der Waals surface area contributed by atoms with Crippen molar-refractivity contribution in [2.24, 2.45) is 0 Å². The number of alkyl halides is 1. The highest BCUT2D eigenvalue weighted by Crippen LogP contribution is 2.30. The molecule has 0 aliphatic carbocycles. The van der Waals surface area contributed by atoms with E-state index < -0.39 is 12.6 Å². The van der Waals surface area contributed by atoms with Crippen molar-refractivity contribution in [3.63, 3.8) is 0 Å². The zero-order chi connectivity index (χ0) is 23.9. The van der Waals surface area contributed by atoms with E-state index in [1.807, 2.05) is 68.5 Å². The monoisotopic (exact) mass is 457 g/mol. The lowest BCUT2D eigenvalue weighted by molar-refractivity contribution is -0.121. The highest BCUT2D eigenvalue weighted by atomic mass is 19.1. The van der Waals surface area contributed by atoms with Crippen molar-refractivity contribution >= 4 is 34.4 Å². The Morgan fingerprint density at radius 3 is 2.71 bits per heavy atom. The Labute approximate surface area is 196 Å². The Balaban J connectivity index is 1.51. The molecule has 0 radical (unpaired) electrons. The van der Waals surface area contributed by atoms with E-state index in [0.29, 0.717) is 11.6 Å². The van der Waals surface area contributed by atoms with Gasteiger partial charge in [-0.05, 0) is 67.4 Å². The van der Waals surface area contributed by atoms with Crippen LogP contribution in [-0.2, 0) is 4.79 Å². The number of pyridine rings is 1. The van der Waals surface area contributed by atoms with Gasteiger partial charge >= 0.3 is 0 Å². The summed E-state index contributed by atoms with van der Waals surface area (Å²) >= 11 is 0. The molecule has 1 amide bonds. The fourth-order valence-corrected chi connectivity index (χ4v) is 3.31. The molecule has 172 valence electrons. The number of carbonyl (C=O) groups is 1. The molecule has 8 heteroatoms. The molecule has 0 saturated heterocycles. The van der Waals surface area contributed by atoms with Crippen molar-refractivity contribution in [1.29, 1.82) is 0 Å². The van der Waals surface area contributed by atoms with Gasteiger partial charge in [-0.25, -0.2) is 14.4 Å². The number of amides is 1. The summed E-state index contributed by atoms with van der Waals surface area (Å²) in [6, 6.07) is 15.4. The van der Waals surface area contributed by atoms with Crippen LogP contribution >= 0.6 is 0 Å². The summed E-state index contributed by atoms with van der Waals surface area (Å²) in [6.07, 6.45) is 6.83. The van der Waals surface area contributed by atoms with Gasteiger partial charge in [-0.15, -0.1) is 0 Å². The summed E-state index contributed by atoms with van der Waals surface area (Å²) in [4.78, 5) is 24.0. The normalized spacial score (nSPS) is 11.0. The third-order valence-corrected chi connectivity index (χ3v) is 5.06. The fourth-order valence-electron chi connectivity index (χ4n) is 3.31. The van der Waals surface area contributed by atoms with Crippen LogP contribution in [0.15, 0.2) is 67.1 Å². The second-order valence-electron chi connectivity index (χ2n) is 7.68. The van der Waals surface area contributed by atoms with Crippen LogP contribution in [0, 0.1) is 13.8 Å². The average Bonchev–Trinajstić information content (AvgIpc) is 2.85. The first-order valence-electron chi connectivity index (χ1n) is 10.7. The highest BCUT2D eigenvalue weighted by molar-refractivity contribution is 5.92. The van der Waals surface area contributed by atoms with Gasteiger partial charge in [0.2, 0.25) is 0 Å². The minimum Gasteiger partial charge on any atom is -0.455 e. The van der Waals surface area contributed by atoms with E-state index in [-0.39, 0.29) is 6.54 Å². The molecule has 2 heterocycles. The van der Waals surface area contributed by atoms with Gasteiger partial charge in [0, 0.05) is 23.3 Å². The summed E-state index contributed by atoms with van der Waals surface area (Å²) in [7, 11) is 0. The quantitative estimate of drug-likeness (QED) is 0.374. The fraction of sp³-hybridized carbons (Fsp3) is 0.154. The van der Waals surface area contributed by atoms with Crippen molar-refractivity contribution in [2.45, 2.75) is 13.8 Å². The zero-order valence-corrected chi connectivity index (χ0v) is 18.9. The number of aryl methyl sites for hydroxylation is 2. The first-order chi connectivity index (χ1) is 16.5. The molecule has 0 spiro atoms. The molecule has 0 aliphatic heterocycles. The lowest BCUT2D eigenvalue weighted by atomic mass is 10.1. The molecule has 2 aromatic heterocycles. The van der Waals surface area contributed by atoms with E-state index in [1.165, 1.54) is 6.33 Å². The second-order valence-corrected chi connectivity index (χ2v) is 7.68. The smallest absolute Gasteiger partial charge is 0.251 e. The van der Waals surface area contributed by atoms with E-state index in [1.54, 1.807) is 12.3 Å². The van der Waals surface area contributed by atoms with Crippen molar-refractivity contribution in [3.05, 3.63) is 84.0 Å². The maximum absolute atomic E-state index is 12.2. The first kappa shape index (κ1) is 22.8. The molecule has 0 fully saturated rings. The maximum Gasteiger partial charge on any atom is 0.251 e. The largest absolute Gasteiger partial charge is 0.455 e. The van der Waals surface area contributed by atoms with Gasteiger partial charge in [-0.2, -0.15) is 0 Å². The molecular formula is C26H24FN5O2. The SMILES string of the molecule is Cc1ccc(Oc2ccc(Nc3ncnc4ccc(C=CCNC(=O)CF)cc34)cc2C)cn1. The molecule has 0 atom stereocenters. The number of carbonyl (C=O) groups excluding carboxylic acids is 1. The molecule has 0 saturated carbocycles. The van der Waals surface area contributed by atoms with Crippen LogP contribution < -0.4 is 15.4 Å². The summed E-state index contributed by atoms with van der Waals surface area (Å²) < 4.78 is 18.2. The summed E-state index contributed by atoms with van der Waals surface area (Å²) in [5.41, 5.74) is 4.46. The topological polar surface area (TPSA) is 89.0 Å². The molecule has 2 N–H and O–H groups in total. The van der Waals surface area contributed by atoms with E-state index in [4.69, 9.17) is 4.74 Å². The number of nitrogens with zero attached hydrogens (tertiary/aromatic N) is 3. The number of aromatic nitrogens is 3. The van der Waals surface area contributed by atoms with Gasteiger partial charge in [0.05, 0.1) is 11.7 Å². The number of rotatable bonds is 8. The Morgan fingerprint density at radius 1 is 1.06 bits per heavy atom. The molecule has 7 nitrogen and oxygen atoms in total. The number of hydrogen-bond acceptors (Lipinski definition) is 6. The Hall–Kier alpha value is -4.33. The number of anilines is 2. The zero-order valence-electron chi connectivity index (χ0n) is 18.9.